The Morgan fingerprint density at radius 2 is 2.18 bits per heavy atom. The van der Waals surface area contributed by atoms with Crippen LogP contribution in [0.2, 0.25) is 0 Å². The summed E-state index contributed by atoms with van der Waals surface area (Å²) in [6.45, 7) is 8.78. The van der Waals surface area contributed by atoms with Gasteiger partial charge in [0.15, 0.2) is 0 Å². The summed E-state index contributed by atoms with van der Waals surface area (Å²) >= 11 is 1.68. The summed E-state index contributed by atoms with van der Waals surface area (Å²) in [7, 11) is 1.39. The molecule has 0 amide bonds. The summed E-state index contributed by atoms with van der Waals surface area (Å²) in [5.74, 6) is -0.327. The van der Waals surface area contributed by atoms with Crippen molar-refractivity contribution in [1.29, 1.82) is 0 Å². The zero-order valence-electron chi connectivity index (χ0n) is 17.0. The smallest absolute Gasteiger partial charge is 0.330 e. The Hall–Kier alpha value is -2.02. The molecule has 2 aromatic rings. The molecular weight excluding hydrogens is 372 g/mol. The van der Waals surface area contributed by atoms with Crippen molar-refractivity contribution in [2.24, 2.45) is 0 Å². The quantitative estimate of drug-likeness (QED) is 0.541. The lowest BCUT2D eigenvalue weighted by atomic mass is 10.0. The first-order valence-corrected chi connectivity index (χ1v) is 10.5. The van der Waals surface area contributed by atoms with Crippen LogP contribution in [-0.4, -0.2) is 48.7 Å². The molecule has 2 unspecified atom stereocenters. The maximum absolute atomic E-state index is 11.4. The molecule has 1 saturated heterocycles. The van der Waals surface area contributed by atoms with Gasteiger partial charge in [0.05, 0.1) is 24.4 Å². The lowest BCUT2D eigenvalue weighted by Crippen LogP contribution is -2.44. The van der Waals surface area contributed by atoms with Gasteiger partial charge in [0.2, 0.25) is 0 Å². The van der Waals surface area contributed by atoms with Crippen molar-refractivity contribution in [2.45, 2.75) is 39.3 Å². The third-order valence-corrected chi connectivity index (χ3v) is 5.96. The second-order valence-electron chi connectivity index (χ2n) is 7.25. The van der Waals surface area contributed by atoms with Gasteiger partial charge in [0.25, 0.3) is 0 Å². The molecule has 5 nitrogen and oxygen atoms in total. The number of rotatable bonds is 6. The lowest BCUT2D eigenvalue weighted by Gasteiger charge is -2.36. The minimum atomic E-state index is -0.327. The van der Waals surface area contributed by atoms with Gasteiger partial charge in [-0.25, -0.2) is 9.78 Å². The van der Waals surface area contributed by atoms with Crippen LogP contribution in [0.5, 0.6) is 0 Å². The highest BCUT2D eigenvalue weighted by Gasteiger charge is 2.26. The Morgan fingerprint density at radius 1 is 1.43 bits per heavy atom. The van der Waals surface area contributed by atoms with E-state index >= 15 is 0 Å². The summed E-state index contributed by atoms with van der Waals surface area (Å²) in [5, 5.41) is 3.19. The molecule has 1 aliphatic heterocycles. The van der Waals surface area contributed by atoms with Gasteiger partial charge in [-0.15, -0.1) is 11.3 Å². The third-order valence-electron chi connectivity index (χ3n) is 5.16. The molecule has 1 aromatic carbocycles. The number of ether oxygens (including phenoxy) is 2. The van der Waals surface area contributed by atoms with Crippen LogP contribution >= 0.6 is 11.3 Å². The maximum Gasteiger partial charge on any atom is 0.330 e. The SMILES string of the molecule is COC(=O)C=C(C)c1ccc(CC(C)N2CCOC(c3csc(C)n3)C2)cc1. The minimum Gasteiger partial charge on any atom is -0.466 e. The van der Waals surface area contributed by atoms with Gasteiger partial charge in [-0.2, -0.15) is 0 Å². The van der Waals surface area contributed by atoms with Crippen molar-refractivity contribution < 1.29 is 14.3 Å². The molecule has 1 aliphatic rings. The Kier molecular flexibility index (Phi) is 6.99. The number of nitrogens with zero attached hydrogens (tertiary/aromatic N) is 2. The Labute approximate surface area is 171 Å². The van der Waals surface area contributed by atoms with Gasteiger partial charge < -0.3 is 9.47 Å². The molecule has 0 N–H and O–H groups in total. The number of benzene rings is 1. The van der Waals surface area contributed by atoms with Crippen molar-refractivity contribution in [3.8, 4) is 0 Å². The Bertz CT molecular complexity index is 829. The van der Waals surface area contributed by atoms with Crippen molar-refractivity contribution in [2.75, 3.05) is 26.8 Å². The van der Waals surface area contributed by atoms with E-state index in [-0.39, 0.29) is 12.1 Å². The summed E-state index contributed by atoms with van der Waals surface area (Å²) in [5.41, 5.74) is 4.28. The van der Waals surface area contributed by atoms with Crippen LogP contribution in [0.3, 0.4) is 0 Å². The van der Waals surface area contributed by atoms with E-state index in [1.165, 1.54) is 18.7 Å². The fraction of sp³-hybridized carbons (Fsp3) is 0.455. The number of hydrogen-bond acceptors (Lipinski definition) is 6. The zero-order valence-corrected chi connectivity index (χ0v) is 17.8. The number of carbonyl (C=O) groups is 1. The molecule has 2 heterocycles. The topological polar surface area (TPSA) is 51.7 Å². The monoisotopic (exact) mass is 400 g/mol. The average Bonchev–Trinajstić information content (AvgIpc) is 3.15. The zero-order chi connectivity index (χ0) is 20.1. The van der Waals surface area contributed by atoms with E-state index in [0.29, 0.717) is 6.04 Å². The number of esters is 1. The maximum atomic E-state index is 11.4. The van der Waals surface area contributed by atoms with E-state index in [9.17, 15) is 4.79 Å². The second kappa shape index (κ2) is 9.45. The predicted octanol–water partition coefficient (Wildman–Crippen LogP) is 4.03. The molecule has 28 heavy (non-hydrogen) atoms. The molecular formula is C22H28N2O3S. The molecule has 3 rings (SSSR count). The van der Waals surface area contributed by atoms with Crippen LogP contribution < -0.4 is 0 Å². The van der Waals surface area contributed by atoms with Gasteiger partial charge in [-0.05, 0) is 43.9 Å². The van der Waals surface area contributed by atoms with Crippen LogP contribution in [0.15, 0.2) is 35.7 Å². The summed E-state index contributed by atoms with van der Waals surface area (Å²) in [4.78, 5) is 18.5. The van der Waals surface area contributed by atoms with Crippen molar-refractivity contribution >= 4 is 22.9 Å². The molecule has 0 bridgehead atoms. The third kappa shape index (κ3) is 5.28. The largest absolute Gasteiger partial charge is 0.466 e. The van der Waals surface area contributed by atoms with E-state index in [1.54, 1.807) is 11.3 Å². The second-order valence-corrected chi connectivity index (χ2v) is 8.31. The fourth-order valence-corrected chi connectivity index (χ4v) is 4.12. The highest BCUT2D eigenvalue weighted by molar-refractivity contribution is 7.09. The average molecular weight is 401 g/mol. The highest BCUT2D eigenvalue weighted by Crippen LogP contribution is 2.25. The first kappa shape index (κ1) is 20.7. The molecule has 0 spiro atoms. The molecule has 0 saturated carbocycles. The highest BCUT2D eigenvalue weighted by atomic mass is 32.1. The first-order valence-electron chi connectivity index (χ1n) is 9.59. The van der Waals surface area contributed by atoms with Crippen LogP contribution in [0.25, 0.3) is 5.57 Å². The number of allylic oxidation sites excluding steroid dienone is 1. The van der Waals surface area contributed by atoms with E-state index in [4.69, 9.17) is 9.47 Å². The minimum absolute atomic E-state index is 0.0645. The summed E-state index contributed by atoms with van der Waals surface area (Å²) in [6.07, 6.45) is 2.56. The van der Waals surface area contributed by atoms with E-state index in [2.05, 4.69) is 46.5 Å². The number of morpholine rings is 1. The number of aromatic nitrogens is 1. The fourth-order valence-electron chi connectivity index (χ4n) is 3.47. The van der Waals surface area contributed by atoms with Crippen molar-refractivity contribution in [1.82, 2.24) is 9.88 Å². The molecule has 1 fully saturated rings. The molecule has 6 heteroatoms. The van der Waals surface area contributed by atoms with Crippen molar-refractivity contribution in [3.05, 3.63) is 57.6 Å². The Morgan fingerprint density at radius 3 is 2.82 bits per heavy atom. The Balaban J connectivity index is 1.60. The van der Waals surface area contributed by atoms with E-state index in [0.717, 1.165) is 48.0 Å². The summed E-state index contributed by atoms with van der Waals surface area (Å²) in [6, 6.07) is 8.84. The molecule has 150 valence electrons. The molecule has 0 aliphatic carbocycles. The van der Waals surface area contributed by atoms with E-state index in [1.807, 2.05) is 13.8 Å². The van der Waals surface area contributed by atoms with Crippen LogP contribution in [0, 0.1) is 6.92 Å². The van der Waals surface area contributed by atoms with Crippen LogP contribution in [-0.2, 0) is 20.7 Å². The molecule has 0 radical (unpaired) electrons. The molecule has 2 atom stereocenters. The first-order chi connectivity index (χ1) is 13.5. The number of hydrogen-bond donors (Lipinski definition) is 0. The van der Waals surface area contributed by atoms with Crippen LogP contribution in [0.1, 0.15) is 41.8 Å². The molecule has 1 aromatic heterocycles. The number of thiazole rings is 1. The van der Waals surface area contributed by atoms with Gasteiger partial charge >= 0.3 is 5.97 Å². The number of carbonyl (C=O) groups excluding carboxylic acids is 1. The van der Waals surface area contributed by atoms with Crippen LogP contribution in [0.4, 0.5) is 0 Å². The number of aryl methyl sites for hydroxylation is 1. The van der Waals surface area contributed by atoms with Gasteiger partial charge in [0.1, 0.15) is 6.10 Å². The van der Waals surface area contributed by atoms with Gasteiger partial charge in [0, 0.05) is 30.6 Å². The summed E-state index contributed by atoms with van der Waals surface area (Å²) < 4.78 is 10.6. The lowest BCUT2D eigenvalue weighted by molar-refractivity contribution is -0.134. The van der Waals surface area contributed by atoms with Crippen molar-refractivity contribution in [3.63, 3.8) is 0 Å². The normalized spacial score (nSPS) is 19.4. The van der Waals surface area contributed by atoms with Gasteiger partial charge in [-0.1, -0.05) is 24.3 Å². The number of methoxy groups -OCH3 is 1. The standard InChI is InChI=1S/C22H28N2O3S/c1-15(11-22(25)26-4)19-7-5-18(6-8-19)12-16(2)24-9-10-27-21(13-24)20-14-28-17(3)23-20/h5-8,11,14,16,21H,9-10,12-13H2,1-4H3. The van der Waals surface area contributed by atoms with Gasteiger partial charge in [-0.3, -0.25) is 4.90 Å². The predicted molar refractivity (Wildman–Crippen MR) is 112 cm³/mol. The van der Waals surface area contributed by atoms with E-state index < -0.39 is 0 Å².